The molecule has 1 N–H and O–H groups in total. The lowest BCUT2D eigenvalue weighted by molar-refractivity contribution is -0.142. The van der Waals surface area contributed by atoms with Crippen molar-refractivity contribution in [1.29, 1.82) is 0 Å². The third kappa shape index (κ3) is 4.72. The first-order chi connectivity index (χ1) is 13.1. The molecule has 2 aromatic carbocycles. The van der Waals surface area contributed by atoms with E-state index in [2.05, 4.69) is 0 Å². The van der Waals surface area contributed by atoms with Crippen LogP contribution < -0.4 is 4.74 Å². The number of carbonyl (C=O) groups excluding carboxylic acids is 2. The molecule has 1 aliphatic heterocycles. The lowest BCUT2D eigenvalue weighted by atomic mass is 10.1. The van der Waals surface area contributed by atoms with Crippen LogP contribution in [-0.2, 0) is 4.79 Å². The van der Waals surface area contributed by atoms with Crippen LogP contribution in [-0.4, -0.2) is 66.4 Å². The van der Waals surface area contributed by atoms with Crippen LogP contribution in [0.2, 0.25) is 0 Å². The van der Waals surface area contributed by atoms with Crippen molar-refractivity contribution in [1.82, 2.24) is 9.80 Å². The molecule has 0 radical (unpaired) electrons. The minimum Gasteiger partial charge on any atom is -0.497 e. The molecule has 142 valence electrons. The van der Waals surface area contributed by atoms with Crippen LogP contribution in [0.15, 0.2) is 54.6 Å². The molecular formula is C21H24N2O4. The Morgan fingerprint density at radius 3 is 2.22 bits per heavy atom. The van der Waals surface area contributed by atoms with Gasteiger partial charge in [-0.25, -0.2) is 0 Å². The van der Waals surface area contributed by atoms with E-state index in [1.807, 2.05) is 11.0 Å². The van der Waals surface area contributed by atoms with Gasteiger partial charge < -0.3 is 14.7 Å². The zero-order chi connectivity index (χ0) is 19.2. The van der Waals surface area contributed by atoms with Crippen molar-refractivity contribution in [2.45, 2.75) is 6.10 Å². The average molecular weight is 368 g/mol. The monoisotopic (exact) mass is 368 g/mol. The topological polar surface area (TPSA) is 70.1 Å². The summed E-state index contributed by atoms with van der Waals surface area (Å²) in [5.41, 5.74) is 1.24. The van der Waals surface area contributed by atoms with E-state index in [-0.39, 0.29) is 11.7 Å². The quantitative estimate of drug-likeness (QED) is 0.787. The van der Waals surface area contributed by atoms with Gasteiger partial charge in [0.1, 0.15) is 5.75 Å². The number of rotatable bonds is 6. The summed E-state index contributed by atoms with van der Waals surface area (Å²) in [6.45, 7) is 2.52. The lowest BCUT2D eigenvalue weighted by Gasteiger charge is -2.35. The number of nitrogens with zero attached hydrogens (tertiary/aromatic N) is 2. The average Bonchev–Trinajstić information content (AvgIpc) is 2.74. The molecule has 1 aliphatic rings. The van der Waals surface area contributed by atoms with Crippen LogP contribution in [0.25, 0.3) is 0 Å². The van der Waals surface area contributed by atoms with Crippen LogP contribution >= 0.6 is 0 Å². The van der Waals surface area contributed by atoms with Gasteiger partial charge in [-0.05, 0) is 29.8 Å². The maximum Gasteiger partial charge on any atom is 0.256 e. The number of hydrogen-bond donors (Lipinski definition) is 1. The first-order valence-corrected chi connectivity index (χ1v) is 9.00. The van der Waals surface area contributed by atoms with E-state index in [1.54, 1.807) is 60.5 Å². The van der Waals surface area contributed by atoms with E-state index in [0.29, 0.717) is 43.9 Å². The van der Waals surface area contributed by atoms with Crippen molar-refractivity contribution in [3.63, 3.8) is 0 Å². The van der Waals surface area contributed by atoms with Crippen LogP contribution in [0.4, 0.5) is 0 Å². The minimum absolute atomic E-state index is 0.0433. The molecule has 1 atom stereocenters. The van der Waals surface area contributed by atoms with Crippen molar-refractivity contribution < 1.29 is 19.4 Å². The number of aliphatic hydroxyl groups excluding tert-OH is 1. The molecule has 1 unspecified atom stereocenters. The first-order valence-electron chi connectivity index (χ1n) is 9.00. The summed E-state index contributed by atoms with van der Waals surface area (Å²) < 4.78 is 5.10. The number of ether oxygens (including phenoxy) is 1. The number of ketones is 1. The summed E-state index contributed by atoms with van der Waals surface area (Å²) in [7, 11) is 1.59. The number of Topliss-reactive ketones (excluding diaryl/α,β-unsaturated/α-hetero) is 1. The molecular weight excluding hydrogens is 344 g/mol. The van der Waals surface area contributed by atoms with E-state index in [4.69, 9.17) is 4.74 Å². The van der Waals surface area contributed by atoms with E-state index in [1.165, 1.54) is 0 Å². The van der Waals surface area contributed by atoms with Gasteiger partial charge in [0, 0.05) is 31.7 Å². The molecule has 3 rings (SSSR count). The summed E-state index contributed by atoms with van der Waals surface area (Å²) in [6.07, 6.45) is -1.14. The van der Waals surface area contributed by atoms with Crippen LogP contribution in [0, 0.1) is 0 Å². The van der Waals surface area contributed by atoms with Crippen molar-refractivity contribution in [3.8, 4) is 5.75 Å². The Balaban J connectivity index is 1.51. The van der Waals surface area contributed by atoms with Crippen molar-refractivity contribution in [3.05, 3.63) is 65.7 Å². The van der Waals surface area contributed by atoms with E-state index < -0.39 is 6.10 Å². The highest BCUT2D eigenvalue weighted by atomic mass is 16.5. The highest BCUT2D eigenvalue weighted by Gasteiger charge is 2.27. The largest absolute Gasteiger partial charge is 0.497 e. The van der Waals surface area contributed by atoms with Gasteiger partial charge in [0.2, 0.25) is 0 Å². The number of aliphatic hydroxyl groups is 1. The Labute approximate surface area is 159 Å². The molecule has 2 aromatic rings. The van der Waals surface area contributed by atoms with Gasteiger partial charge in [0.25, 0.3) is 5.91 Å². The highest BCUT2D eigenvalue weighted by molar-refractivity contribution is 5.97. The van der Waals surface area contributed by atoms with Crippen molar-refractivity contribution in [2.24, 2.45) is 0 Å². The first kappa shape index (κ1) is 19.1. The second-order valence-corrected chi connectivity index (χ2v) is 6.57. The zero-order valence-electron chi connectivity index (χ0n) is 15.4. The van der Waals surface area contributed by atoms with E-state index in [9.17, 15) is 14.7 Å². The van der Waals surface area contributed by atoms with Crippen LogP contribution in [0.1, 0.15) is 22.0 Å². The van der Waals surface area contributed by atoms with Gasteiger partial charge in [-0.3, -0.25) is 14.5 Å². The summed E-state index contributed by atoms with van der Waals surface area (Å²) in [5.74, 6) is 0.472. The van der Waals surface area contributed by atoms with Gasteiger partial charge in [0.15, 0.2) is 11.9 Å². The second-order valence-electron chi connectivity index (χ2n) is 6.57. The summed E-state index contributed by atoms with van der Waals surface area (Å²) in [6, 6.07) is 16.0. The Hall–Kier alpha value is -2.70. The Morgan fingerprint density at radius 1 is 1.00 bits per heavy atom. The maximum absolute atomic E-state index is 12.5. The molecule has 0 bridgehead atoms. The molecule has 6 heteroatoms. The lowest BCUT2D eigenvalue weighted by Crippen LogP contribution is -2.51. The number of piperazine rings is 1. The predicted octanol–water partition coefficient (Wildman–Crippen LogP) is 1.76. The minimum atomic E-state index is -1.14. The molecule has 6 nitrogen and oxygen atoms in total. The standard InChI is InChI=1S/C21H24N2O4/c1-27-18-9-7-16(8-10-18)19(24)15-22-11-13-23(14-12-22)21(26)20(25)17-5-3-2-4-6-17/h2-10,20,25H,11-15H2,1H3. The van der Waals surface area contributed by atoms with Gasteiger partial charge in [-0.2, -0.15) is 0 Å². The summed E-state index contributed by atoms with van der Waals surface area (Å²) >= 11 is 0. The molecule has 1 fully saturated rings. The van der Waals surface area contributed by atoms with Crippen molar-refractivity contribution in [2.75, 3.05) is 39.8 Å². The van der Waals surface area contributed by atoms with Gasteiger partial charge in [0.05, 0.1) is 13.7 Å². The summed E-state index contributed by atoms with van der Waals surface area (Å²) in [5, 5.41) is 10.3. The Morgan fingerprint density at radius 2 is 1.63 bits per heavy atom. The molecule has 1 amide bonds. The summed E-state index contributed by atoms with van der Waals surface area (Å²) in [4.78, 5) is 28.6. The molecule has 0 spiro atoms. The smallest absolute Gasteiger partial charge is 0.256 e. The number of hydrogen-bond acceptors (Lipinski definition) is 5. The van der Waals surface area contributed by atoms with Gasteiger partial charge >= 0.3 is 0 Å². The fraction of sp³-hybridized carbons (Fsp3) is 0.333. The van der Waals surface area contributed by atoms with Crippen LogP contribution in [0.5, 0.6) is 5.75 Å². The third-order valence-corrected chi connectivity index (χ3v) is 4.81. The van der Waals surface area contributed by atoms with Gasteiger partial charge in [-0.1, -0.05) is 30.3 Å². The third-order valence-electron chi connectivity index (χ3n) is 4.81. The van der Waals surface area contributed by atoms with Crippen LogP contribution in [0.3, 0.4) is 0 Å². The molecule has 0 aliphatic carbocycles. The molecule has 0 aromatic heterocycles. The van der Waals surface area contributed by atoms with Gasteiger partial charge in [-0.15, -0.1) is 0 Å². The predicted molar refractivity (Wildman–Crippen MR) is 102 cm³/mol. The second kappa shape index (κ2) is 8.79. The number of methoxy groups -OCH3 is 1. The van der Waals surface area contributed by atoms with Crippen molar-refractivity contribution >= 4 is 11.7 Å². The molecule has 27 heavy (non-hydrogen) atoms. The normalized spacial score (nSPS) is 16.0. The van der Waals surface area contributed by atoms with E-state index >= 15 is 0 Å². The highest BCUT2D eigenvalue weighted by Crippen LogP contribution is 2.17. The number of amides is 1. The maximum atomic E-state index is 12.5. The van der Waals surface area contributed by atoms with E-state index in [0.717, 1.165) is 5.75 Å². The fourth-order valence-electron chi connectivity index (χ4n) is 3.15. The zero-order valence-corrected chi connectivity index (χ0v) is 15.4. The SMILES string of the molecule is COc1ccc(C(=O)CN2CCN(C(=O)C(O)c3ccccc3)CC2)cc1. The molecule has 0 saturated carbocycles. The number of carbonyl (C=O) groups is 2. The molecule has 1 saturated heterocycles. The Bertz CT molecular complexity index is 769. The molecule has 1 heterocycles. The Kier molecular flexibility index (Phi) is 6.21. The number of benzene rings is 2. The fourth-order valence-corrected chi connectivity index (χ4v) is 3.15.